The van der Waals surface area contributed by atoms with Crippen molar-refractivity contribution in [3.8, 4) is 28.1 Å². The number of thiazole rings is 1. The summed E-state index contributed by atoms with van der Waals surface area (Å²) in [5.74, 6) is 0.530. The number of carbonyl (C=O) groups excluding carboxylic acids is 1. The molecular weight excluding hydrogens is 438 g/mol. The standard InChI is InChI=1S/C20H17N5O6S/c1-11-7-18(24(23-11)20-21-13(10-32-20)15-5-4-6-31-15)22-19(26)12-8-16(29-2)17(30-3)9-14(12)25(27)28/h4-10H,1-3H3,(H,22,26). The second-order valence-corrected chi connectivity index (χ2v) is 7.35. The molecule has 0 saturated heterocycles. The predicted octanol–water partition coefficient (Wildman–Crippen LogP) is 4.07. The number of nitro benzene ring substituents is 1. The maximum absolute atomic E-state index is 13.0. The summed E-state index contributed by atoms with van der Waals surface area (Å²) in [6.07, 6.45) is 1.55. The normalized spacial score (nSPS) is 10.7. The lowest BCUT2D eigenvalue weighted by molar-refractivity contribution is -0.385. The Balaban J connectivity index is 1.69. The molecule has 0 aliphatic heterocycles. The van der Waals surface area contributed by atoms with Crippen LogP contribution in [0.2, 0.25) is 0 Å². The average Bonchev–Trinajstić information content (AvgIpc) is 3.53. The Morgan fingerprint density at radius 1 is 1.25 bits per heavy atom. The van der Waals surface area contributed by atoms with Gasteiger partial charge >= 0.3 is 0 Å². The monoisotopic (exact) mass is 455 g/mol. The fourth-order valence-corrected chi connectivity index (χ4v) is 3.79. The van der Waals surface area contributed by atoms with Crippen LogP contribution in [0.25, 0.3) is 16.6 Å². The van der Waals surface area contributed by atoms with E-state index in [0.29, 0.717) is 28.1 Å². The molecule has 0 unspecified atom stereocenters. The number of nitrogens with one attached hydrogen (secondary N) is 1. The van der Waals surface area contributed by atoms with Gasteiger partial charge in [-0.05, 0) is 19.1 Å². The van der Waals surface area contributed by atoms with Crippen molar-refractivity contribution in [2.45, 2.75) is 6.92 Å². The number of anilines is 1. The molecule has 0 bridgehead atoms. The van der Waals surface area contributed by atoms with Gasteiger partial charge in [0.2, 0.25) is 5.13 Å². The molecule has 0 spiro atoms. The lowest BCUT2D eigenvalue weighted by Crippen LogP contribution is -2.17. The molecule has 0 radical (unpaired) electrons. The zero-order chi connectivity index (χ0) is 22.8. The molecular formula is C20H17N5O6S. The highest BCUT2D eigenvalue weighted by Gasteiger charge is 2.26. The maximum Gasteiger partial charge on any atom is 0.286 e. The molecule has 1 aromatic carbocycles. The summed E-state index contributed by atoms with van der Waals surface area (Å²) >= 11 is 1.30. The number of aryl methyl sites for hydroxylation is 1. The molecule has 32 heavy (non-hydrogen) atoms. The van der Waals surface area contributed by atoms with Gasteiger partial charge in [-0.2, -0.15) is 9.78 Å². The van der Waals surface area contributed by atoms with E-state index in [-0.39, 0.29) is 17.1 Å². The first kappa shape index (κ1) is 21.1. The highest BCUT2D eigenvalue weighted by atomic mass is 32.1. The van der Waals surface area contributed by atoms with Crippen LogP contribution in [0.4, 0.5) is 11.5 Å². The average molecular weight is 455 g/mol. The van der Waals surface area contributed by atoms with Crippen LogP contribution in [0.15, 0.2) is 46.4 Å². The van der Waals surface area contributed by atoms with Gasteiger partial charge in [0.1, 0.15) is 17.1 Å². The summed E-state index contributed by atoms with van der Waals surface area (Å²) in [5, 5.41) is 20.9. The summed E-state index contributed by atoms with van der Waals surface area (Å²) in [5.41, 5.74) is 0.638. The van der Waals surface area contributed by atoms with E-state index in [1.807, 2.05) is 0 Å². The molecule has 3 aromatic heterocycles. The van der Waals surface area contributed by atoms with Gasteiger partial charge in [-0.15, -0.1) is 11.3 Å². The lowest BCUT2D eigenvalue weighted by atomic mass is 10.1. The molecule has 0 aliphatic rings. The summed E-state index contributed by atoms with van der Waals surface area (Å²) in [6.45, 7) is 1.76. The summed E-state index contributed by atoms with van der Waals surface area (Å²) in [6, 6.07) is 7.59. The first-order valence-electron chi connectivity index (χ1n) is 9.19. The smallest absolute Gasteiger partial charge is 0.286 e. The highest BCUT2D eigenvalue weighted by molar-refractivity contribution is 7.12. The van der Waals surface area contributed by atoms with Gasteiger partial charge in [-0.1, -0.05) is 0 Å². The quantitative estimate of drug-likeness (QED) is 0.325. The van der Waals surface area contributed by atoms with Gasteiger partial charge in [0, 0.05) is 17.5 Å². The fourth-order valence-electron chi connectivity index (χ4n) is 3.02. The van der Waals surface area contributed by atoms with Crippen LogP contribution in [-0.4, -0.2) is 39.8 Å². The number of benzene rings is 1. The molecule has 4 aromatic rings. The third kappa shape index (κ3) is 3.90. The Hall–Kier alpha value is -4.19. The molecule has 0 aliphatic carbocycles. The number of aromatic nitrogens is 3. The number of hydrogen-bond acceptors (Lipinski definition) is 9. The Bertz CT molecular complexity index is 1290. The maximum atomic E-state index is 13.0. The predicted molar refractivity (Wildman–Crippen MR) is 116 cm³/mol. The molecule has 11 nitrogen and oxygen atoms in total. The first-order chi connectivity index (χ1) is 15.4. The third-order valence-corrected chi connectivity index (χ3v) is 5.28. The van der Waals surface area contributed by atoms with E-state index in [9.17, 15) is 14.9 Å². The van der Waals surface area contributed by atoms with Crippen molar-refractivity contribution in [3.63, 3.8) is 0 Å². The van der Waals surface area contributed by atoms with Crippen molar-refractivity contribution < 1.29 is 23.6 Å². The van der Waals surface area contributed by atoms with E-state index < -0.39 is 16.5 Å². The van der Waals surface area contributed by atoms with Crippen LogP contribution in [0.1, 0.15) is 16.1 Å². The van der Waals surface area contributed by atoms with Crippen LogP contribution in [-0.2, 0) is 0 Å². The number of hydrogen-bond donors (Lipinski definition) is 1. The molecule has 4 rings (SSSR count). The van der Waals surface area contributed by atoms with Gasteiger partial charge < -0.3 is 19.2 Å². The van der Waals surface area contributed by atoms with Crippen LogP contribution in [0.3, 0.4) is 0 Å². The van der Waals surface area contributed by atoms with E-state index in [1.165, 1.54) is 36.3 Å². The van der Waals surface area contributed by atoms with Gasteiger partial charge in [0.15, 0.2) is 17.3 Å². The summed E-state index contributed by atoms with van der Waals surface area (Å²) in [7, 11) is 2.73. The number of nitro groups is 1. The molecule has 164 valence electrons. The summed E-state index contributed by atoms with van der Waals surface area (Å²) < 4.78 is 17.1. The van der Waals surface area contributed by atoms with E-state index in [0.717, 1.165) is 6.07 Å². The molecule has 1 N–H and O–H groups in total. The van der Waals surface area contributed by atoms with Crippen LogP contribution in [0, 0.1) is 17.0 Å². The topological polar surface area (TPSA) is 135 Å². The number of methoxy groups -OCH3 is 2. The highest BCUT2D eigenvalue weighted by Crippen LogP contribution is 2.35. The van der Waals surface area contributed by atoms with Crippen molar-refractivity contribution in [2.75, 3.05) is 19.5 Å². The SMILES string of the molecule is COc1cc(C(=O)Nc2cc(C)nn2-c2nc(-c3ccco3)cs2)c([N+](=O)[O-])cc1OC. The third-order valence-electron chi connectivity index (χ3n) is 4.46. The van der Waals surface area contributed by atoms with Gasteiger partial charge in [-0.25, -0.2) is 4.98 Å². The number of nitrogens with zero attached hydrogens (tertiary/aromatic N) is 4. The Morgan fingerprint density at radius 3 is 2.66 bits per heavy atom. The Morgan fingerprint density at radius 2 is 2.00 bits per heavy atom. The van der Waals surface area contributed by atoms with Gasteiger partial charge in [0.25, 0.3) is 11.6 Å². The van der Waals surface area contributed by atoms with E-state index in [1.54, 1.807) is 36.8 Å². The number of carbonyl (C=O) groups is 1. The molecule has 0 atom stereocenters. The number of rotatable bonds is 7. The van der Waals surface area contributed by atoms with E-state index in [4.69, 9.17) is 13.9 Å². The Kier molecular flexibility index (Phi) is 5.60. The minimum absolute atomic E-state index is 0.143. The molecule has 0 fully saturated rings. The second-order valence-electron chi connectivity index (χ2n) is 6.51. The largest absolute Gasteiger partial charge is 0.493 e. The zero-order valence-corrected chi connectivity index (χ0v) is 18.0. The van der Waals surface area contributed by atoms with Crippen molar-refractivity contribution in [2.24, 2.45) is 0 Å². The van der Waals surface area contributed by atoms with Gasteiger partial charge in [-0.3, -0.25) is 14.9 Å². The lowest BCUT2D eigenvalue weighted by Gasteiger charge is -2.11. The minimum atomic E-state index is -0.707. The van der Waals surface area contributed by atoms with Gasteiger partial charge in [0.05, 0.1) is 37.2 Å². The van der Waals surface area contributed by atoms with E-state index in [2.05, 4.69) is 15.4 Å². The molecule has 1 amide bonds. The van der Waals surface area contributed by atoms with Crippen molar-refractivity contribution in [1.29, 1.82) is 0 Å². The molecule has 3 heterocycles. The number of furan rings is 1. The number of ether oxygens (including phenoxy) is 2. The van der Waals surface area contributed by atoms with Crippen molar-refractivity contribution in [1.82, 2.24) is 14.8 Å². The van der Waals surface area contributed by atoms with Crippen LogP contribution >= 0.6 is 11.3 Å². The van der Waals surface area contributed by atoms with Crippen LogP contribution < -0.4 is 14.8 Å². The van der Waals surface area contributed by atoms with E-state index >= 15 is 0 Å². The minimum Gasteiger partial charge on any atom is -0.493 e. The Labute approximate surface area is 185 Å². The molecule has 0 saturated carbocycles. The van der Waals surface area contributed by atoms with Crippen molar-refractivity contribution in [3.05, 3.63) is 63.3 Å². The van der Waals surface area contributed by atoms with Crippen molar-refractivity contribution >= 4 is 28.7 Å². The number of amides is 1. The second kappa shape index (κ2) is 8.51. The summed E-state index contributed by atoms with van der Waals surface area (Å²) in [4.78, 5) is 28.4. The zero-order valence-electron chi connectivity index (χ0n) is 17.2. The molecule has 12 heteroatoms. The fraction of sp³-hybridized carbons (Fsp3) is 0.150. The first-order valence-corrected chi connectivity index (χ1v) is 10.1. The van der Waals surface area contributed by atoms with Crippen LogP contribution in [0.5, 0.6) is 11.5 Å².